The van der Waals surface area contributed by atoms with Crippen molar-refractivity contribution in [1.29, 1.82) is 0 Å². The summed E-state index contributed by atoms with van der Waals surface area (Å²) in [6, 6.07) is 0. The van der Waals surface area contributed by atoms with Gasteiger partial charge in [0.1, 0.15) is 0 Å². The summed E-state index contributed by atoms with van der Waals surface area (Å²) in [6.07, 6.45) is 53.0. The van der Waals surface area contributed by atoms with Crippen molar-refractivity contribution in [3.63, 3.8) is 0 Å². The van der Waals surface area contributed by atoms with E-state index >= 15 is 0 Å². The van der Waals surface area contributed by atoms with Gasteiger partial charge in [0, 0.05) is 0 Å². The van der Waals surface area contributed by atoms with E-state index in [1.165, 1.54) is 248 Å². The van der Waals surface area contributed by atoms with E-state index in [0.29, 0.717) is 0 Å². The van der Waals surface area contributed by atoms with Gasteiger partial charge in [-0.1, -0.05) is 59.3 Å². The number of unbranched alkanes of at least 4 members (excludes halogenated alkanes) is 33. The van der Waals surface area contributed by atoms with Crippen molar-refractivity contribution in [3.8, 4) is 0 Å². The smallest absolute Gasteiger partial charge is 0.0654 e. The van der Waals surface area contributed by atoms with Crippen molar-refractivity contribution >= 4 is 42.6 Å². The van der Waals surface area contributed by atoms with Crippen molar-refractivity contribution in [2.45, 2.75) is 252 Å². The predicted octanol–water partition coefficient (Wildman–Crippen LogP) is 17.3. The minimum Gasteiger partial charge on any atom is -0.0654 e. The molecule has 0 heterocycles. The summed E-state index contributed by atoms with van der Waals surface area (Å²) in [5, 5.41) is 0. The number of hydrogen-bond donors (Lipinski definition) is 0. The molecule has 0 bridgehead atoms. The van der Waals surface area contributed by atoms with E-state index in [1.807, 2.05) is 0 Å². The van der Waals surface area contributed by atoms with Crippen molar-refractivity contribution < 1.29 is 0 Å². The first-order valence-electron chi connectivity index (χ1n) is 21.5. The van der Waals surface area contributed by atoms with Crippen LogP contribution in [0.1, 0.15) is 252 Å². The number of hydrogen-bond acceptors (Lipinski definition) is 3. The first-order valence-corrected chi connectivity index (χ1v) is 33.7. The third kappa shape index (κ3) is 42.0. The zero-order chi connectivity index (χ0) is 33.3. The van der Waals surface area contributed by atoms with Crippen LogP contribution in [-0.2, 0) is 0 Å². The van der Waals surface area contributed by atoms with E-state index in [2.05, 4.69) is 47.3 Å². The van der Waals surface area contributed by atoms with Gasteiger partial charge < -0.3 is 0 Å². The zero-order valence-corrected chi connectivity index (χ0v) is 37.3. The van der Waals surface area contributed by atoms with E-state index in [9.17, 15) is 0 Å². The van der Waals surface area contributed by atoms with Gasteiger partial charge >= 0.3 is 252 Å². The maximum absolute atomic E-state index is 2.48. The van der Waals surface area contributed by atoms with Crippen molar-refractivity contribution in [1.82, 2.24) is 0 Å². The minimum atomic E-state index is -1.23. The molecule has 0 aliphatic carbocycles. The van der Waals surface area contributed by atoms with Gasteiger partial charge in [-0.05, 0) is 0 Å². The molecular formula is C42H87S3Sb. The van der Waals surface area contributed by atoms with Crippen LogP contribution in [0.15, 0.2) is 0 Å². The van der Waals surface area contributed by atoms with E-state index in [0.717, 1.165) is 0 Å². The van der Waals surface area contributed by atoms with Gasteiger partial charge in [0.15, 0.2) is 0 Å². The molecule has 0 fully saturated rings. The average molecular weight is 810 g/mol. The Bertz CT molecular complexity index is 446. The molecule has 0 aliphatic heterocycles. The van der Waals surface area contributed by atoms with Gasteiger partial charge in [-0.2, -0.15) is 0 Å². The summed E-state index contributed by atoms with van der Waals surface area (Å²) >= 11 is -1.23. The molecule has 0 aromatic carbocycles. The average Bonchev–Trinajstić information content (AvgIpc) is 3.07. The monoisotopic (exact) mass is 809 g/mol. The van der Waals surface area contributed by atoms with Crippen molar-refractivity contribution in [2.24, 2.45) is 0 Å². The fourth-order valence-electron chi connectivity index (χ4n) is 6.36. The van der Waals surface area contributed by atoms with Gasteiger partial charge in [-0.15, -0.1) is 0 Å². The van der Waals surface area contributed by atoms with Crippen LogP contribution in [-0.4, -0.2) is 33.3 Å². The Kier molecular flexibility index (Phi) is 46.7. The van der Waals surface area contributed by atoms with Gasteiger partial charge in [0.05, 0.1) is 0 Å². The summed E-state index contributed by atoms with van der Waals surface area (Å²) in [6.45, 7) is 6.96. The third-order valence-electron chi connectivity index (χ3n) is 9.58. The molecule has 46 heavy (non-hydrogen) atoms. The molecule has 0 aromatic rings. The van der Waals surface area contributed by atoms with Crippen molar-refractivity contribution in [2.75, 3.05) is 17.3 Å². The van der Waals surface area contributed by atoms with E-state index in [4.69, 9.17) is 0 Å². The first kappa shape index (κ1) is 47.9. The van der Waals surface area contributed by atoms with E-state index in [-0.39, 0.29) is 0 Å². The molecule has 0 radical (unpaired) electrons. The van der Waals surface area contributed by atoms with Crippen LogP contribution in [0.25, 0.3) is 0 Å². The second kappa shape index (κ2) is 44.9. The van der Waals surface area contributed by atoms with Crippen LogP contribution in [0, 0.1) is 0 Å². The van der Waals surface area contributed by atoms with Gasteiger partial charge in [0.25, 0.3) is 0 Å². The molecule has 0 rings (SSSR count). The molecule has 0 amide bonds. The summed E-state index contributed by atoms with van der Waals surface area (Å²) < 4.78 is 0. The number of rotatable bonds is 42. The molecule has 0 saturated heterocycles. The van der Waals surface area contributed by atoms with Crippen LogP contribution in [0.4, 0.5) is 0 Å². The quantitative estimate of drug-likeness (QED) is 0.0445. The molecule has 0 atom stereocenters. The standard InChI is InChI=1S/3C14H30S.Sb/c3*1-2-3-4-5-6-7-8-9-10-11-12-13-14-15;/h3*15H,2-14H2,1H3;/q;;;+3/p-3. The van der Waals surface area contributed by atoms with E-state index in [1.54, 1.807) is 0 Å². The summed E-state index contributed by atoms with van der Waals surface area (Å²) in [7, 11) is 7.44. The molecule has 278 valence electrons. The second-order valence-corrected chi connectivity index (χ2v) is 36.3. The zero-order valence-electron chi connectivity index (χ0n) is 32.2. The van der Waals surface area contributed by atoms with Gasteiger partial charge in [-0.25, -0.2) is 0 Å². The second-order valence-electron chi connectivity index (χ2n) is 14.4. The van der Waals surface area contributed by atoms with Crippen molar-refractivity contribution in [3.05, 3.63) is 0 Å². The van der Waals surface area contributed by atoms with Gasteiger partial charge in [-0.3, -0.25) is 0 Å². The van der Waals surface area contributed by atoms with Crippen LogP contribution >= 0.6 is 26.5 Å². The summed E-state index contributed by atoms with van der Waals surface area (Å²) in [4.78, 5) is 0. The SMILES string of the molecule is CCCCCCCCCCCCCC[S][Sb]([S]CCCCCCCCCCCCCC)[S]CCCCCCCCCCCCCC. The minimum absolute atomic E-state index is 1.23. The van der Waals surface area contributed by atoms with Crippen LogP contribution in [0.5, 0.6) is 0 Å². The predicted molar refractivity (Wildman–Crippen MR) is 226 cm³/mol. The topological polar surface area (TPSA) is 0 Å². The molecule has 0 aliphatic rings. The Balaban J connectivity index is 3.91. The van der Waals surface area contributed by atoms with Crippen LogP contribution in [0.3, 0.4) is 0 Å². The van der Waals surface area contributed by atoms with Crippen LogP contribution < -0.4 is 0 Å². The molecule has 4 heteroatoms. The van der Waals surface area contributed by atoms with E-state index < -0.39 is 16.0 Å². The Morgan fingerprint density at radius 2 is 0.370 bits per heavy atom. The Morgan fingerprint density at radius 3 is 0.543 bits per heavy atom. The molecule has 0 N–H and O–H groups in total. The fraction of sp³-hybridized carbons (Fsp3) is 1.00. The Morgan fingerprint density at radius 1 is 0.217 bits per heavy atom. The molecule has 0 spiro atoms. The molecular weight excluding hydrogens is 722 g/mol. The molecule has 0 unspecified atom stereocenters. The normalized spacial score (nSPS) is 11.7. The third-order valence-corrected chi connectivity index (χ3v) is 34.5. The fourth-order valence-corrected chi connectivity index (χ4v) is 30.6. The molecule has 0 aromatic heterocycles. The Labute approximate surface area is 309 Å². The van der Waals surface area contributed by atoms with Crippen LogP contribution in [0.2, 0.25) is 0 Å². The van der Waals surface area contributed by atoms with Gasteiger partial charge in [0.2, 0.25) is 0 Å². The first-order chi connectivity index (χ1) is 22.8. The summed E-state index contributed by atoms with van der Waals surface area (Å²) in [5.41, 5.74) is 0. The Hall–Kier alpha value is 1.87. The molecule has 0 saturated carbocycles. The maximum atomic E-state index is 2.48. The summed E-state index contributed by atoms with van der Waals surface area (Å²) in [5.74, 6) is 4.41. The molecule has 0 nitrogen and oxygen atoms in total.